The van der Waals surface area contributed by atoms with E-state index in [1.54, 1.807) is 36.7 Å². The molecule has 0 aliphatic heterocycles. The van der Waals surface area contributed by atoms with Crippen LogP contribution in [0.25, 0.3) is 27.9 Å². The summed E-state index contributed by atoms with van der Waals surface area (Å²) in [5.74, 6) is 0.994. The van der Waals surface area contributed by atoms with Crippen LogP contribution in [-0.2, 0) is 12.6 Å². The SMILES string of the molecule is N=c1cc(-c2cc3cccn3cn2)oc2ccc(OCCc3cccc(C(F)(F)F)c3)cc12. The maximum Gasteiger partial charge on any atom is 0.416 e. The Kier molecular flexibility index (Phi) is 5.12. The third-order valence-corrected chi connectivity index (χ3v) is 5.32. The highest BCUT2D eigenvalue weighted by molar-refractivity contribution is 5.79. The molecule has 0 bridgehead atoms. The van der Waals surface area contributed by atoms with Gasteiger partial charge in [0, 0.05) is 29.6 Å². The summed E-state index contributed by atoms with van der Waals surface area (Å²) in [5.41, 5.74) is 1.97. The fourth-order valence-corrected chi connectivity index (χ4v) is 3.64. The Morgan fingerprint density at radius 2 is 1.88 bits per heavy atom. The summed E-state index contributed by atoms with van der Waals surface area (Å²) < 4.78 is 52.2. The number of ether oxygens (including phenoxy) is 1. The van der Waals surface area contributed by atoms with Crippen molar-refractivity contribution < 1.29 is 22.3 Å². The quantitative estimate of drug-likeness (QED) is 0.365. The topological polar surface area (TPSA) is 63.5 Å². The van der Waals surface area contributed by atoms with Gasteiger partial charge in [-0.2, -0.15) is 13.2 Å². The first-order chi connectivity index (χ1) is 15.9. The molecule has 0 spiro atoms. The summed E-state index contributed by atoms with van der Waals surface area (Å²) in [6.07, 6.45) is -0.457. The molecule has 0 fully saturated rings. The third kappa shape index (κ3) is 4.32. The summed E-state index contributed by atoms with van der Waals surface area (Å²) in [6, 6.07) is 17.7. The maximum absolute atomic E-state index is 12.9. The number of aromatic nitrogens is 2. The van der Waals surface area contributed by atoms with Crippen LogP contribution >= 0.6 is 0 Å². The van der Waals surface area contributed by atoms with Crippen LogP contribution in [-0.4, -0.2) is 16.0 Å². The Labute approximate surface area is 186 Å². The first-order valence-corrected chi connectivity index (χ1v) is 10.2. The van der Waals surface area contributed by atoms with E-state index in [4.69, 9.17) is 14.6 Å². The van der Waals surface area contributed by atoms with Gasteiger partial charge in [-0.3, -0.25) is 5.41 Å². The Balaban J connectivity index is 1.34. The second-order valence-corrected chi connectivity index (χ2v) is 7.59. The van der Waals surface area contributed by atoms with Crippen LogP contribution in [0.3, 0.4) is 0 Å². The number of alkyl halides is 3. The van der Waals surface area contributed by atoms with Gasteiger partial charge in [-0.25, -0.2) is 4.98 Å². The van der Waals surface area contributed by atoms with Gasteiger partial charge in [0.2, 0.25) is 0 Å². The molecule has 5 rings (SSSR count). The third-order valence-electron chi connectivity index (χ3n) is 5.32. The minimum Gasteiger partial charge on any atom is -0.493 e. The predicted molar refractivity (Wildman–Crippen MR) is 117 cm³/mol. The number of halogens is 3. The lowest BCUT2D eigenvalue weighted by Gasteiger charge is -2.10. The van der Waals surface area contributed by atoms with Crippen LogP contribution < -0.4 is 10.1 Å². The second-order valence-electron chi connectivity index (χ2n) is 7.59. The minimum atomic E-state index is -4.37. The highest BCUT2D eigenvalue weighted by Gasteiger charge is 2.30. The van der Waals surface area contributed by atoms with Crippen molar-refractivity contribution in [1.29, 1.82) is 5.41 Å². The normalized spacial score (nSPS) is 11.8. The van der Waals surface area contributed by atoms with E-state index in [0.29, 0.717) is 40.2 Å². The molecular formula is C25H18F3N3O2. The number of hydrogen-bond acceptors (Lipinski definition) is 4. The Morgan fingerprint density at radius 1 is 1.00 bits per heavy atom. The van der Waals surface area contributed by atoms with E-state index in [1.807, 2.05) is 28.8 Å². The zero-order valence-electron chi connectivity index (χ0n) is 17.3. The molecule has 0 saturated carbocycles. The number of rotatable bonds is 5. The van der Waals surface area contributed by atoms with E-state index < -0.39 is 11.7 Å². The van der Waals surface area contributed by atoms with E-state index in [-0.39, 0.29) is 12.0 Å². The highest BCUT2D eigenvalue weighted by atomic mass is 19.4. The van der Waals surface area contributed by atoms with Crippen LogP contribution in [0.4, 0.5) is 13.2 Å². The molecule has 0 aliphatic carbocycles. The first-order valence-electron chi connectivity index (χ1n) is 10.2. The summed E-state index contributed by atoms with van der Waals surface area (Å²) in [6.45, 7) is 0.205. The Bertz CT molecular complexity index is 1520. The summed E-state index contributed by atoms with van der Waals surface area (Å²) in [4.78, 5) is 4.40. The van der Waals surface area contributed by atoms with Crippen molar-refractivity contribution in [3.63, 3.8) is 0 Å². The molecule has 3 heterocycles. The molecule has 5 nitrogen and oxygen atoms in total. The van der Waals surface area contributed by atoms with Crippen molar-refractivity contribution in [3.05, 3.63) is 95.7 Å². The average molecular weight is 449 g/mol. The van der Waals surface area contributed by atoms with Crippen LogP contribution in [0.15, 0.2) is 83.7 Å². The summed E-state index contributed by atoms with van der Waals surface area (Å²) in [5, 5.41) is 9.25. The van der Waals surface area contributed by atoms with Gasteiger partial charge < -0.3 is 13.6 Å². The molecule has 3 aromatic heterocycles. The number of nitrogens with zero attached hydrogens (tertiary/aromatic N) is 2. The van der Waals surface area contributed by atoms with Crippen molar-refractivity contribution >= 4 is 16.5 Å². The largest absolute Gasteiger partial charge is 0.493 e. The van der Waals surface area contributed by atoms with Gasteiger partial charge in [-0.1, -0.05) is 18.2 Å². The molecule has 0 unspecified atom stereocenters. The lowest BCUT2D eigenvalue weighted by atomic mass is 10.1. The molecule has 2 aromatic carbocycles. The highest BCUT2D eigenvalue weighted by Crippen LogP contribution is 2.30. The van der Waals surface area contributed by atoms with Crippen molar-refractivity contribution in [2.24, 2.45) is 0 Å². The number of hydrogen-bond donors (Lipinski definition) is 1. The van der Waals surface area contributed by atoms with Crippen LogP contribution in [0.2, 0.25) is 0 Å². The van der Waals surface area contributed by atoms with Gasteiger partial charge in [0.25, 0.3) is 0 Å². The molecule has 0 saturated heterocycles. The lowest BCUT2D eigenvalue weighted by Crippen LogP contribution is -2.07. The fraction of sp³-hybridized carbons (Fsp3) is 0.120. The molecule has 33 heavy (non-hydrogen) atoms. The average Bonchev–Trinajstić information content (AvgIpc) is 3.27. The standard InChI is InChI=1S/C25H18F3N3O2/c26-25(27,28)17-4-1-3-16(11-17)8-10-32-19-6-7-23-20(13-19)21(29)14-24(33-23)22-12-18-5-2-9-31(18)15-30-22/h1-7,9,11-15,29H,8,10H2. The zero-order valence-corrected chi connectivity index (χ0v) is 17.3. The molecule has 1 N–H and O–H groups in total. The smallest absolute Gasteiger partial charge is 0.416 e. The van der Waals surface area contributed by atoms with Gasteiger partial charge in [0.05, 0.1) is 23.9 Å². The molecule has 0 radical (unpaired) electrons. The first kappa shape index (κ1) is 20.8. The van der Waals surface area contributed by atoms with Crippen LogP contribution in [0.1, 0.15) is 11.1 Å². The number of fused-ring (bicyclic) bond motifs is 2. The van der Waals surface area contributed by atoms with Crippen LogP contribution in [0, 0.1) is 5.41 Å². The van der Waals surface area contributed by atoms with Gasteiger partial charge >= 0.3 is 6.18 Å². The van der Waals surface area contributed by atoms with Crippen molar-refractivity contribution in [2.45, 2.75) is 12.6 Å². The van der Waals surface area contributed by atoms with Crippen LogP contribution in [0.5, 0.6) is 5.75 Å². The van der Waals surface area contributed by atoms with E-state index in [1.165, 1.54) is 6.07 Å². The van der Waals surface area contributed by atoms with Gasteiger partial charge in [-0.15, -0.1) is 0 Å². The number of benzene rings is 2. The fourth-order valence-electron chi connectivity index (χ4n) is 3.64. The summed E-state index contributed by atoms with van der Waals surface area (Å²) >= 11 is 0. The molecule has 5 aromatic rings. The van der Waals surface area contributed by atoms with E-state index >= 15 is 0 Å². The predicted octanol–water partition coefficient (Wildman–Crippen LogP) is 5.87. The number of nitrogens with one attached hydrogen (secondary N) is 1. The van der Waals surface area contributed by atoms with Crippen molar-refractivity contribution in [3.8, 4) is 17.2 Å². The van der Waals surface area contributed by atoms with Crippen molar-refractivity contribution in [1.82, 2.24) is 9.38 Å². The molecule has 0 atom stereocenters. The molecular weight excluding hydrogens is 431 g/mol. The van der Waals surface area contributed by atoms with Gasteiger partial charge in [-0.05, 0) is 48.0 Å². The molecule has 8 heteroatoms. The molecule has 166 valence electrons. The second kappa shape index (κ2) is 8.12. The molecule has 0 amide bonds. The van der Waals surface area contributed by atoms with Crippen molar-refractivity contribution in [2.75, 3.05) is 6.61 Å². The van der Waals surface area contributed by atoms with E-state index in [0.717, 1.165) is 17.6 Å². The Morgan fingerprint density at radius 3 is 2.73 bits per heavy atom. The minimum absolute atomic E-state index is 0.205. The molecule has 0 aliphatic rings. The van der Waals surface area contributed by atoms with E-state index in [9.17, 15) is 13.2 Å². The maximum atomic E-state index is 12.9. The zero-order chi connectivity index (χ0) is 23.0. The monoisotopic (exact) mass is 449 g/mol. The lowest BCUT2D eigenvalue weighted by molar-refractivity contribution is -0.137. The van der Waals surface area contributed by atoms with Gasteiger partial charge in [0.1, 0.15) is 17.0 Å². The summed E-state index contributed by atoms with van der Waals surface area (Å²) in [7, 11) is 0. The Hall–Kier alpha value is -4.07. The van der Waals surface area contributed by atoms with E-state index in [2.05, 4.69) is 4.98 Å². The van der Waals surface area contributed by atoms with Gasteiger partial charge in [0.15, 0.2) is 5.76 Å².